The fraction of sp³-hybridized carbons (Fsp3) is 0.158. The molecule has 0 aliphatic rings. The summed E-state index contributed by atoms with van der Waals surface area (Å²) in [6, 6.07) is 22.4. The molecule has 3 aromatic rings. The van der Waals surface area contributed by atoms with Crippen molar-refractivity contribution >= 4 is 22.4 Å². The lowest BCUT2D eigenvalue weighted by Crippen LogP contribution is -2.08. The number of hydrogen-bond donors (Lipinski definition) is 1. The van der Waals surface area contributed by atoms with Crippen molar-refractivity contribution in [2.24, 2.45) is 0 Å². The zero-order valence-electron chi connectivity index (χ0n) is 11.7. The second kappa shape index (κ2) is 6.30. The zero-order valence-corrected chi connectivity index (χ0v) is 12.4. The minimum Gasteiger partial charge on any atom is -0.396 e. The maximum atomic E-state index is 9.76. The molecule has 1 unspecified atom stereocenters. The summed E-state index contributed by atoms with van der Waals surface area (Å²) in [4.78, 5) is 0. The lowest BCUT2D eigenvalue weighted by atomic mass is 9.90. The van der Waals surface area contributed by atoms with Crippen molar-refractivity contribution in [3.8, 4) is 0 Å². The summed E-state index contributed by atoms with van der Waals surface area (Å²) in [6.45, 7) is 0.115. The van der Waals surface area contributed by atoms with E-state index in [2.05, 4.69) is 36.4 Å². The molecule has 0 amide bonds. The van der Waals surface area contributed by atoms with Crippen molar-refractivity contribution in [3.63, 3.8) is 0 Å². The second-order valence-electron chi connectivity index (χ2n) is 5.28. The fourth-order valence-electron chi connectivity index (χ4n) is 2.78. The molecular weight excluding hydrogens is 280 g/mol. The molecule has 0 aromatic heterocycles. The van der Waals surface area contributed by atoms with Gasteiger partial charge in [0.15, 0.2) is 0 Å². The number of aliphatic hydroxyl groups is 1. The minimum absolute atomic E-state index is 0.0644. The first-order valence-electron chi connectivity index (χ1n) is 7.11. The molecule has 106 valence electrons. The van der Waals surface area contributed by atoms with Crippen LogP contribution in [-0.4, -0.2) is 11.7 Å². The molecule has 3 rings (SSSR count). The first-order chi connectivity index (χ1) is 10.3. The molecular formula is C19H17ClO. The van der Waals surface area contributed by atoms with E-state index in [1.807, 2.05) is 30.3 Å². The van der Waals surface area contributed by atoms with E-state index in [1.54, 1.807) is 0 Å². The molecule has 2 heteroatoms. The topological polar surface area (TPSA) is 20.2 Å². The van der Waals surface area contributed by atoms with Gasteiger partial charge in [-0.25, -0.2) is 0 Å². The van der Waals surface area contributed by atoms with Gasteiger partial charge in [-0.2, -0.15) is 0 Å². The summed E-state index contributed by atoms with van der Waals surface area (Å²) in [6.07, 6.45) is 0.804. The van der Waals surface area contributed by atoms with Crippen molar-refractivity contribution in [3.05, 3.63) is 82.9 Å². The Balaban J connectivity index is 1.96. The number of halogens is 1. The standard InChI is InChI=1S/C19H17ClO/c20-18-9-4-7-15(12-18)17(13-21)11-16-8-3-6-14-5-1-2-10-19(14)16/h1-10,12,17,21H,11,13H2. The molecule has 0 radical (unpaired) electrons. The van der Waals surface area contributed by atoms with Gasteiger partial charge in [0.1, 0.15) is 0 Å². The Morgan fingerprint density at radius 2 is 1.67 bits per heavy atom. The van der Waals surface area contributed by atoms with Gasteiger partial charge in [0, 0.05) is 10.9 Å². The van der Waals surface area contributed by atoms with Gasteiger partial charge in [-0.1, -0.05) is 66.2 Å². The number of fused-ring (bicyclic) bond motifs is 1. The third-order valence-electron chi connectivity index (χ3n) is 3.89. The van der Waals surface area contributed by atoms with E-state index in [0.717, 1.165) is 12.0 Å². The van der Waals surface area contributed by atoms with Crippen LogP contribution in [0.1, 0.15) is 17.0 Å². The zero-order chi connectivity index (χ0) is 14.7. The molecule has 1 atom stereocenters. The Morgan fingerprint density at radius 3 is 2.48 bits per heavy atom. The van der Waals surface area contributed by atoms with E-state index in [9.17, 15) is 5.11 Å². The summed E-state index contributed by atoms with van der Waals surface area (Å²) < 4.78 is 0. The lowest BCUT2D eigenvalue weighted by Gasteiger charge is -2.16. The first-order valence-corrected chi connectivity index (χ1v) is 7.48. The summed E-state index contributed by atoms with van der Waals surface area (Å²) in [5.74, 6) is 0.0644. The average Bonchev–Trinajstić information content (AvgIpc) is 2.52. The maximum absolute atomic E-state index is 9.76. The van der Waals surface area contributed by atoms with E-state index in [0.29, 0.717) is 5.02 Å². The van der Waals surface area contributed by atoms with Crippen molar-refractivity contribution in [1.29, 1.82) is 0 Å². The van der Waals surface area contributed by atoms with Gasteiger partial charge in [0.25, 0.3) is 0 Å². The fourth-order valence-corrected chi connectivity index (χ4v) is 2.98. The molecule has 0 saturated carbocycles. The first kappa shape index (κ1) is 14.1. The van der Waals surface area contributed by atoms with Crippen LogP contribution < -0.4 is 0 Å². The summed E-state index contributed by atoms with van der Waals surface area (Å²) in [7, 11) is 0. The second-order valence-corrected chi connectivity index (χ2v) is 5.71. The summed E-state index contributed by atoms with van der Waals surface area (Å²) >= 11 is 6.06. The average molecular weight is 297 g/mol. The normalized spacial score (nSPS) is 12.5. The Morgan fingerprint density at radius 1 is 0.905 bits per heavy atom. The molecule has 0 saturated heterocycles. The Labute approximate surface area is 129 Å². The predicted octanol–water partition coefficient (Wildman–Crippen LogP) is 4.81. The molecule has 0 spiro atoms. The lowest BCUT2D eigenvalue weighted by molar-refractivity contribution is 0.264. The van der Waals surface area contributed by atoms with Crippen LogP contribution in [0.25, 0.3) is 10.8 Å². The Bertz CT molecular complexity index is 746. The predicted molar refractivity (Wildman–Crippen MR) is 88.9 cm³/mol. The van der Waals surface area contributed by atoms with E-state index in [1.165, 1.54) is 16.3 Å². The number of aliphatic hydroxyl groups excluding tert-OH is 1. The largest absolute Gasteiger partial charge is 0.396 e. The van der Waals surface area contributed by atoms with Gasteiger partial charge in [0.05, 0.1) is 6.61 Å². The molecule has 0 aliphatic heterocycles. The van der Waals surface area contributed by atoms with Crippen molar-refractivity contribution in [2.75, 3.05) is 6.61 Å². The van der Waals surface area contributed by atoms with E-state index < -0.39 is 0 Å². The maximum Gasteiger partial charge on any atom is 0.0502 e. The molecule has 1 nitrogen and oxygen atoms in total. The smallest absolute Gasteiger partial charge is 0.0502 e. The number of rotatable bonds is 4. The third-order valence-corrected chi connectivity index (χ3v) is 4.12. The summed E-state index contributed by atoms with van der Waals surface area (Å²) in [5.41, 5.74) is 2.34. The van der Waals surface area contributed by atoms with Crippen molar-refractivity contribution < 1.29 is 5.11 Å². The monoisotopic (exact) mass is 296 g/mol. The van der Waals surface area contributed by atoms with E-state index in [4.69, 9.17) is 11.6 Å². The van der Waals surface area contributed by atoms with Crippen LogP contribution in [0.2, 0.25) is 5.02 Å². The van der Waals surface area contributed by atoms with Gasteiger partial charge in [-0.15, -0.1) is 0 Å². The number of benzene rings is 3. The summed E-state index contributed by atoms with van der Waals surface area (Å²) in [5, 5.41) is 13.0. The van der Waals surface area contributed by atoms with Crippen LogP contribution in [-0.2, 0) is 6.42 Å². The highest BCUT2D eigenvalue weighted by Crippen LogP contribution is 2.27. The molecule has 3 aromatic carbocycles. The molecule has 0 fully saturated rings. The van der Waals surface area contributed by atoms with Crippen LogP contribution in [0.5, 0.6) is 0 Å². The van der Waals surface area contributed by atoms with E-state index in [-0.39, 0.29) is 12.5 Å². The van der Waals surface area contributed by atoms with Gasteiger partial charge in [0.2, 0.25) is 0 Å². The van der Waals surface area contributed by atoms with Gasteiger partial charge in [-0.3, -0.25) is 0 Å². The van der Waals surface area contributed by atoms with Gasteiger partial charge in [-0.05, 0) is 40.5 Å². The quantitative estimate of drug-likeness (QED) is 0.732. The van der Waals surface area contributed by atoms with Crippen LogP contribution in [0.15, 0.2) is 66.7 Å². The number of hydrogen-bond acceptors (Lipinski definition) is 1. The highest BCUT2D eigenvalue weighted by molar-refractivity contribution is 6.30. The third kappa shape index (κ3) is 3.10. The highest BCUT2D eigenvalue weighted by Gasteiger charge is 2.13. The molecule has 0 aliphatic carbocycles. The van der Waals surface area contributed by atoms with Gasteiger partial charge >= 0.3 is 0 Å². The van der Waals surface area contributed by atoms with Crippen molar-refractivity contribution in [1.82, 2.24) is 0 Å². The van der Waals surface area contributed by atoms with Crippen LogP contribution in [0.3, 0.4) is 0 Å². The SMILES string of the molecule is OCC(Cc1cccc2ccccc12)c1cccc(Cl)c1. The minimum atomic E-state index is 0.0644. The Hall–Kier alpha value is -1.83. The van der Waals surface area contributed by atoms with Crippen LogP contribution in [0.4, 0.5) is 0 Å². The molecule has 0 bridgehead atoms. The highest BCUT2D eigenvalue weighted by atomic mass is 35.5. The van der Waals surface area contributed by atoms with Crippen LogP contribution in [0, 0.1) is 0 Å². The van der Waals surface area contributed by atoms with Crippen molar-refractivity contribution in [2.45, 2.75) is 12.3 Å². The van der Waals surface area contributed by atoms with E-state index >= 15 is 0 Å². The van der Waals surface area contributed by atoms with Gasteiger partial charge < -0.3 is 5.11 Å². The molecule has 0 heterocycles. The molecule has 21 heavy (non-hydrogen) atoms. The Kier molecular flexibility index (Phi) is 4.23. The van der Waals surface area contributed by atoms with Crippen LogP contribution >= 0.6 is 11.6 Å². The molecule has 1 N–H and O–H groups in total.